The minimum Gasteiger partial charge on any atom is -0.386 e. The molecule has 2 amide bonds. The van der Waals surface area contributed by atoms with Crippen LogP contribution >= 0.6 is 21.6 Å². The van der Waals surface area contributed by atoms with Crippen LogP contribution in [-0.2, 0) is 35.3 Å². The van der Waals surface area contributed by atoms with Gasteiger partial charge in [-0.15, -0.1) is 0 Å². The lowest BCUT2D eigenvalue weighted by Crippen LogP contribution is -2.45. The van der Waals surface area contributed by atoms with Gasteiger partial charge in [0.25, 0.3) is 5.91 Å². The van der Waals surface area contributed by atoms with E-state index in [4.69, 9.17) is 21.4 Å². The Morgan fingerprint density at radius 2 is 1.67 bits per heavy atom. The zero-order valence-corrected chi connectivity index (χ0v) is 32.7. The minimum atomic E-state index is -1.01. The molecule has 0 bridgehead atoms. The van der Waals surface area contributed by atoms with Gasteiger partial charge in [-0.05, 0) is 111 Å². The summed E-state index contributed by atoms with van der Waals surface area (Å²) in [5.74, 6) is 0.202. The summed E-state index contributed by atoms with van der Waals surface area (Å²) in [7, 11) is 1.04. The summed E-state index contributed by atoms with van der Waals surface area (Å²) in [6, 6.07) is 21.5. The first-order chi connectivity index (χ1) is 24.5. The van der Waals surface area contributed by atoms with Crippen LogP contribution in [-0.4, -0.2) is 73.7 Å². The van der Waals surface area contributed by atoms with Crippen LogP contribution in [0.3, 0.4) is 0 Å². The standard InChI is InChI=1S/C40H49ClN6O4S/c1-26-37(27(2)47(45-26)25-51-20-21-52(6,7)8)28-12-15-33(16-13-28)43-38(48)35(44-39(49)36-18-19-42-46(36)5)24-31-22-30(14-17-34(31)41)29-10-9-11-32(23-29)40(3,4)50/h9-19,22-23,35,50H,20-21,24-25H2,1-8H3,(H,43,48)(H,44,49)/t35-/m0/s1. The third-order valence-corrected chi connectivity index (χ3v) is 10.7. The van der Waals surface area contributed by atoms with E-state index in [2.05, 4.69) is 34.5 Å². The third kappa shape index (κ3) is 9.71. The van der Waals surface area contributed by atoms with Crippen LogP contribution in [0.5, 0.6) is 0 Å². The molecule has 0 aliphatic heterocycles. The molecule has 52 heavy (non-hydrogen) atoms. The molecule has 1 atom stereocenters. The minimum absolute atomic E-state index is 0.127. The molecule has 0 radical (unpaired) electrons. The molecule has 3 N–H and O–H groups in total. The lowest BCUT2D eigenvalue weighted by atomic mass is 9.93. The van der Waals surface area contributed by atoms with Gasteiger partial charge < -0.3 is 20.5 Å². The number of aryl methyl sites for hydroxylation is 2. The van der Waals surface area contributed by atoms with Crippen LogP contribution in [0, 0.1) is 13.8 Å². The Kier molecular flexibility index (Phi) is 12.0. The fourth-order valence-corrected chi connectivity index (χ4v) is 6.71. The van der Waals surface area contributed by atoms with Gasteiger partial charge in [0.05, 0.1) is 17.9 Å². The Hall–Kier alpha value is -4.42. The molecule has 2 heterocycles. The van der Waals surface area contributed by atoms with E-state index in [1.54, 1.807) is 33.0 Å². The second-order valence-corrected chi connectivity index (χ2v) is 19.5. The van der Waals surface area contributed by atoms with E-state index < -0.39 is 33.5 Å². The Balaban J connectivity index is 1.36. The Morgan fingerprint density at radius 1 is 0.981 bits per heavy atom. The second kappa shape index (κ2) is 16.1. The number of halogens is 1. The maximum atomic E-state index is 13.9. The maximum Gasteiger partial charge on any atom is 0.270 e. The van der Waals surface area contributed by atoms with E-state index in [9.17, 15) is 14.7 Å². The third-order valence-electron chi connectivity index (χ3n) is 8.92. The molecule has 0 unspecified atom stereocenters. The van der Waals surface area contributed by atoms with Gasteiger partial charge in [-0.1, -0.05) is 48.0 Å². The van der Waals surface area contributed by atoms with Gasteiger partial charge in [-0.2, -0.15) is 10.2 Å². The molecule has 0 aliphatic carbocycles. The zero-order chi connectivity index (χ0) is 37.8. The molecule has 3 aromatic carbocycles. The Morgan fingerprint density at radius 3 is 2.33 bits per heavy atom. The van der Waals surface area contributed by atoms with Crippen molar-refractivity contribution < 1.29 is 19.4 Å². The van der Waals surface area contributed by atoms with Gasteiger partial charge in [0.15, 0.2) is 0 Å². The number of hydrogen-bond acceptors (Lipinski definition) is 6. The maximum absolute atomic E-state index is 13.9. The van der Waals surface area contributed by atoms with Crippen molar-refractivity contribution in [2.24, 2.45) is 7.05 Å². The van der Waals surface area contributed by atoms with E-state index >= 15 is 0 Å². The highest BCUT2D eigenvalue weighted by atomic mass is 35.5. The molecule has 2 aromatic heterocycles. The van der Waals surface area contributed by atoms with E-state index in [-0.39, 0.29) is 6.42 Å². The fraction of sp³-hybridized carbons (Fsp3) is 0.350. The molecule has 5 aromatic rings. The number of hydrogen-bond donors (Lipinski definition) is 3. The van der Waals surface area contributed by atoms with Crippen molar-refractivity contribution in [3.63, 3.8) is 0 Å². The van der Waals surface area contributed by atoms with Crippen molar-refractivity contribution in [3.8, 4) is 22.3 Å². The highest BCUT2D eigenvalue weighted by molar-refractivity contribution is 8.32. The summed E-state index contributed by atoms with van der Waals surface area (Å²) >= 11 is 6.70. The van der Waals surface area contributed by atoms with Crippen LogP contribution in [0.1, 0.15) is 46.9 Å². The van der Waals surface area contributed by atoms with Gasteiger partial charge in [0.1, 0.15) is 18.5 Å². The molecule has 5 rings (SSSR count). The van der Waals surface area contributed by atoms with Crippen molar-refractivity contribution in [2.75, 3.05) is 36.4 Å². The number of nitrogens with zero attached hydrogens (tertiary/aromatic N) is 4. The first-order valence-corrected chi connectivity index (χ1v) is 20.5. The monoisotopic (exact) mass is 744 g/mol. The summed E-state index contributed by atoms with van der Waals surface area (Å²) in [4.78, 5) is 27.3. The van der Waals surface area contributed by atoms with E-state index in [1.807, 2.05) is 79.2 Å². The largest absolute Gasteiger partial charge is 0.386 e. The van der Waals surface area contributed by atoms with Crippen molar-refractivity contribution in [1.29, 1.82) is 0 Å². The van der Waals surface area contributed by atoms with Gasteiger partial charge >= 0.3 is 0 Å². The average Bonchev–Trinajstić information content (AvgIpc) is 3.64. The van der Waals surface area contributed by atoms with Crippen LogP contribution in [0.2, 0.25) is 5.02 Å². The summed E-state index contributed by atoms with van der Waals surface area (Å²) in [5, 5.41) is 25.8. The number of amides is 2. The van der Waals surface area contributed by atoms with Crippen molar-refractivity contribution in [2.45, 2.75) is 52.5 Å². The van der Waals surface area contributed by atoms with E-state index in [0.29, 0.717) is 35.3 Å². The molecule has 12 heteroatoms. The summed E-state index contributed by atoms with van der Waals surface area (Å²) in [6.45, 7) is 8.58. The average molecular weight is 745 g/mol. The lowest BCUT2D eigenvalue weighted by Gasteiger charge is -2.24. The first-order valence-electron chi connectivity index (χ1n) is 17.1. The van der Waals surface area contributed by atoms with Crippen LogP contribution < -0.4 is 10.6 Å². The number of carbonyl (C=O) groups is 2. The molecule has 10 nitrogen and oxygen atoms in total. The number of ether oxygens (including phenoxy) is 1. The van der Waals surface area contributed by atoms with Gasteiger partial charge in [0, 0.05) is 47.4 Å². The number of anilines is 1. The summed E-state index contributed by atoms with van der Waals surface area (Å²) in [5.41, 5.74) is 6.97. The van der Waals surface area contributed by atoms with Crippen molar-refractivity contribution >= 4 is 39.1 Å². The molecule has 276 valence electrons. The van der Waals surface area contributed by atoms with Crippen LogP contribution in [0.4, 0.5) is 5.69 Å². The normalized spacial score (nSPS) is 12.8. The van der Waals surface area contributed by atoms with Gasteiger partial charge in [-0.25, -0.2) is 14.7 Å². The molecular weight excluding hydrogens is 696 g/mol. The SMILES string of the molecule is Cc1nn(COCCS(C)(C)C)c(C)c1-c1ccc(NC(=O)[C@H](Cc2cc(-c3cccc(C(C)(C)O)c3)ccc2Cl)NC(=O)c2ccnn2C)cc1. The second-order valence-electron chi connectivity index (χ2n) is 14.5. The zero-order valence-electron chi connectivity index (χ0n) is 31.2. The quantitative estimate of drug-likeness (QED) is 0.104. The number of benzene rings is 3. The Labute approximate surface area is 312 Å². The molecule has 0 saturated heterocycles. The van der Waals surface area contributed by atoms with Crippen LogP contribution in [0.25, 0.3) is 22.3 Å². The van der Waals surface area contributed by atoms with Crippen molar-refractivity contribution in [1.82, 2.24) is 24.9 Å². The number of aromatic nitrogens is 4. The number of nitrogens with one attached hydrogen (secondary N) is 2. The smallest absolute Gasteiger partial charge is 0.270 e. The molecule has 0 fully saturated rings. The van der Waals surface area contributed by atoms with Gasteiger partial charge in [0.2, 0.25) is 5.91 Å². The number of rotatable bonds is 14. The summed E-state index contributed by atoms with van der Waals surface area (Å²) in [6.07, 6.45) is 8.49. The summed E-state index contributed by atoms with van der Waals surface area (Å²) < 4.78 is 9.28. The van der Waals surface area contributed by atoms with E-state index in [0.717, 1.165) is 45.0 Å². The van der Waals surface area contributed by atoms with Gasteiger partial charge in [-0.3, -0.25) is 14.3 Å². The number of carbonyl (C=O) groups excluding carboxylic acids is 2. The number of aliphatic hydroxyl groups is 1. The van der Waals surface area contributed by atoms with Crippen LogP contribution in [0.15, 0.2) is 79.0 Å². The molecule has 0 spiro atoms. The Bertz CT molecular complexity index is 2040. The lowest BCUT2D eigenvalue weighted by molar-refractivity contribution is -0.118. The predicted molar refractivity (Wildman–Crippen MR) is 212 cm³/mol. The first kappa shape index (κ1) is 38.8. The highest BCUT2D eigenvalue weighted by Crippen LogP contribution is 2.34. The molecule has 0 aliphatic rings. The molecular formula is C40H49ClN6O4S. The van der Waals surface area contributed by atoms with Crippen molar-refractivity contribution in [3.05, 3.63) is 112 Å². The highest BCUT2D eigenvalue weighted by Gasteiger charge is 2.25. The van der Waals surface area contributed by atoms with E-state index in [1.165, 1.54) is 10.9 Å². The predicted octanol–water partition coefficient (Wildman–Crippen LogP) is 7.10. The molecule has 0 saturated carbocycles. The topological polar surface area (TPSA) is 123 Å². The fourth-order valence-electron chi connectivity index (χ4n) is 5.90.